The van der Waals surface area contributed by atoms with Gasteiger partial charge in [-0.2, -0.15) is 0 Å². The van der Waals surface area contributed by atoms with Crippen molar-refractivity contribution in [1.29, 1.82) is 0 Å². The summed E-state index contributed by atoms with van der Waals surface area (Å²) in [5, 5.41) is 7.73. The fourth-order valence-corrected chi connectivity index (χ4v) is 4.08. The van der Waals surface area contributed by atoms with Crippen molar-refractivity contribution in [2.75, 3.05) is 0 Å². The number of halogens is 1. The lowest BCUT2D eigenvalue weighted by Crippen LogP contribution is -2.05. The first-order valence-electron chi connectivity index (χ1n) is 6.39. The Morgan fingerprint density at radius 2 is 2.10 bits per heavy atom. The fraction of sp³-hybridized carbons (Fsp3) is 0.538. The van der Waals surface area contributed by atoms with Crippen molar-refractivity contribution in [3.63, 3.8) is 0 Å². The molecule has 0 fully saturated rings. The molecule has 110 valence electrons. The highest BCUT2D eigenvalue weighted by Crippen LogP contribution is 2.26. The molecule has 20 heavy (non-hydrogen) atoms. The van der Waals surface area contributed by atoms with Crippen LogP contribution in [0.3, 0.4) is 0 Å². The molecule has 0 N–H and O–H groups in total. The summed E-state index contributed by atoms with van der Waals surface area (Å²) in [4.78, 5) is 1.00. The minimum Gasteiger partial charge on any atom is -0.424 e. The molecule has 2 rings (SSSR count). The van der Waals surface area contributed by atoms with Gasteiger partial charge >= 0.3 is 0 Å². The topological polar surface area (TPSA) is 56.0 Å². The smallest absolute Gasteiger partial charge is 0.231 e. The van der Waals surface area contributed by atoms with Gasteiger partial charge in [-0.3, -0.25) is 4.21 Å². The lowest BCUT2D eigenvalue weighted by molar-refractivity contribution is 0.425. The Bertz CT molecular complexity index is 595. The van der Waals surface area contributed by atoms with E-state index >= 15 is 0 Å². The molecule has 7 heteroatoms. The van der Waals surface area contributed by atoms with E-state index in [0.29, 0.717) is 27.8 Å². The lowest BCUT2D eigenvalue weighted by Gasteiger charge is -2.05. The van der Waals surface area contributed by atoms with Crippen LogP contribution in [0.5, 0.6) is 0 Å². The van der Waals surface area contributed by atoms with Crippen molar-refractivity contribution < 1.29 is 8.63 Å². The second kappa shape index (κ2) is 6.83. The molecule has 0 amide bonds. The number of nitrogens with zero attached hydrogens (tertiary/aromatic N) is 2. The summed E-state index contributed by atoms with van der Waals surface area (Å²) in [5.41, 5.74) is 0. The monoisotopic (exact) mass is 332 g/mol. The van der Waals surface area contributed by atoms with Gasteiger partial charge < -0.3 is 4.42 Å². The molecule has 0 aromatic carbocycles. The maximum atomic E-state index is 12.3. The molecule has 4 nitrogen and oxygen atoms in total. The molecular weight excluding hydrogens is 316 g/mol. The predicted molar refractivity (Wildman–Crippen MR) is 82.4 cm³/mol. The van der Waals surface area contributed by atoms with Crippen LogP contribution in [0.4, 0.5) is 0 Å². The van der Waals surface area contributed by atoms with Crippen molar-refractivity contribution >= 4 is 33.7 Å². The van der Waals surface area contributed by atoms with Crippen molar-refractivity contribution in [1.82, 2.24) is 10.2 Å². The van der Waals surface area contributed by atoms with Crippen LogP contribution in [0.15, 0.2) is 16.5 Å². The van der Waals surface area contributed by atoms with Gasteiger partial charge in [0.15, 0.2) is 0 Å². The number of thiophene rings is 1. The third kappa shape index (κ3) is 4.14. The van der Waals surface area contributed by atoms with E-state index in [2.05, 4.69) is 24.0 Å². The average Bonchev–Trinajstić information content (AvgIpc) is 2.97. The molecule has 2 aromatic heterocycles. The van der Waals surface area contributed by atoms with E-state index in [1.807, 2.05) is 19.1 Å². The van der Waals surface area contributed by atoms with Crippen LogP contribution in [0.1, 0.15) is 42.7 Å². The summed E-state index contributed by atoms with van der Waals surface area (Å²) in [6.45, 7) is 6.02. The molecule has 0 radical (unpaired) electrons. The largest absolute Gasteiger partial charge is 0.424 e. The highest BCUT2D eigenvalue weighted by atomic mass is 35.5. The predicted octanol–water partition coefficient (Wildman–Crippen LogP) is 3.99. The van der Waals surface area contributed by atoms with E-state index in [0.717, 1.165) is 11.3 Å². The average molecular weight is 333 g/mol. The SMILES string of the molecule is CC(C)Cc1nnc([C@H](C)[S@](=O)Cc2ccc(Cl)s2)o1. The second-order valence-electron chi connectivity index (χ2n) is 5.01. The van der Waals surface area contributed by atoms with Gasteiger partial charge in [0.25, 0.3) is 0 Å². The molecule has 0 aliphatic carbocycles. The van der Waals surface area contributed by atoms with Crippen molar-refractivity contribution in [2.45, 2.75) is 38.2 Å². The van der Waals surface area contributed by atoms with Gasteiger partial charge in [0.2, 0.25) is 11.8 Å². The lowest BCUT2D eigenvalue weighted by atomic mass is 10.1. The van der Waals surface area contributed by atoms with E-state index in [1.54, 1.807) is 0 Å². The molecular formula is C13H17ClN2O2S2. The van der Waals surface area contributed by atoms with E-state index in [1.165, 1.54) is 11.3 Å². The molecule has 0 aliphatic heterocycles. The standard InChI is InChI=1S/C13H17ClN2O2S2/c1-8(2)6-12-15-16-13(18-12)9(3)20(17)7-10-4-5-11(14)19-10/h4-5,8-9H,6-7H2,1-3H3/t9-,20+/m0/s1. The molecule has 2 heterocycles. The molecule has 0 unspecified atom stereocenters. The van der Waals surface area contributed by atoms with Gasteiger partial charge in [0.1, 0.15) is 5.25 Å². The third-order valence-electron chi connectivity index (χ3n) is 2.72. The van der Waals surface area contributed by atoms with E-state index in [9.17, 15) is 4.21 Å². The zero-order valence-electron chi connectivity index (χ0n) is 11.6. The Morgan fingerprint density at radius 3 is 2.70 bits per heavy atom. The Kier molecular flexibility index (Phi) is 5.35. The Morgan fingerprint density at radius 1 is 1.35 bits per heavy atom. The molecule has 0 bridgehead atoms. The maximum absolute atomic E-state index is 12.3. The van der Waals surface area contributed by atoms with Crippen LogP contribution in [0, 0.1) is 5.92 Å². The Hall–Kier alpha value is -0.720. The van der Waals surface area contributed by atoms with Crippen LogP contribution in [-0.2, 0) is 23.0 Å². The first-order chi connectivity index (χ1) is 9.45. The van der Waals surface area contributed by atoms with E-state index in [4.69, 9.17) is 16.0 Å². The highest BCUT2D eigenvalue weighted by molar-refractivity contribution is 7.84. The van der Waals surface area contributed by atoms with Crippen LogP contribution < -0.4 is 0 Å². The summed E-state index contributed by atoms with van der Waals surface area (Å²) >= 11 is 7.32. The zero-order valence-corrected chi connectivity index (χ0v) is 14.0. The van der Waals surface area contributed by atoms with Crippen LogP contribution in [-0.4, -0.2) is 14.4 Å². The third-order valence-corrected chi connectivity index (χ3v) is 5.72. The molecule has 2 atom stereocenters. The summed E-state index contributed by atoms with van der Waals surface area (Å²) in [5.74, 6) is 1.97. The fourth-order valence-electron chi connectivity index (χ4n) is 1.67. The minimum atomic E-state index is -1.10. The second-order valence-corrected chi connectivity index (χ2v) is 8.56. The van der Waals surface area contributed by atoms with E-state index < -0.39 is 10.8 Å². The quantitative estimate of drug-likeness (QED) is 0.802. The summed E-state index contributed by atoms with van der Waals surface area (Å²) in [6, 6.07) is 3.71. The van der Waals surface area contributed by atoms with Crippen molar-refractivity contribution in [3.05, 3.63) is 33.1 Å². The first-order valence-corrected chi connectivity index (χ1v) is 8.97. The van der Waals surface area contributed by atoms with E-state index in [-0.39, 0.29) is 5.25 Å². The molecule has 0 saturated heterocycles. The van der Waals surface area contributed by atoms with Gasteiger partial charge in [0.05, 0.1) is 10.1 Å². The highest BCUT2D eigenvalue weighted by Gasteiger charge is 2.21. The normalized spacial score (nSPS) is 14.7. The molecule has 2 aromatic rings. The van der Waals surface area contributed by atoms with Gasteiger partial charge in [-0.25, -0.2) is 0 Å². The van der Waals surface area contributed by atoms with Gasteiger partial charge in [-0.1, -0.05) is 25.4 Å². The van der Waals surface area contributed by atoms with Crippen molar-refractivity contribution in [2.24, 2.45) is 5.92 Å². The molecule has 0 aliphatic rings. The summed E-state index contributed by atoms with van der Waals surface area (Å²) in [7, 11) is -1.10. The minimum absolute atomic E-state index is 0.274. The van der Waals surface area contributed by atoms with Crippen LogP contribution in [0.25, 0.3) is 0 Å². The van der Waals surface area contributed by atoms with Crippen molar-refractivity contribution in [3.8, 4) is 0 Å². The van der Waals surface area contributed by atoms with Crippen LogP contribution >= 0.6 is 22.9 Å². The molecule has 0 saturated carbocycles. The number of rotatable bonds is 6. The van der Waals surface area contributed by atoms with Gasteiger partial charge in [0, 0.05) is 22.1 Å². The summed E-state index contributed by atoms with van der Waals surface area (Å²) < 4.78 is 18.6. The Balaban J connectivity index is 2.01. The van der Waals surface area contributed by atoms with Gasteiger partial charge in [-0.05, 0) is 25.0 Å². The maximum Gasteiger partial charge on any atom is 0.231 e. The van der Waals surface area contributed by atoms with Crippen LogP contribution in [0.2, 0.25) is 4.34 Å². The Labute approximate surface area is 130 Å². The first kappa shape index (κ1) is 15.7. The number of hydrogen-bond donors (Lipinski definition) is 0. The number of aromatic nitrogens is 2. The number of hydrogen-bond acceptors (Lipinski definition) is 5. The zero-order chi connectivity index (χ0) is 14.7. The summed E-state index contributed by atoms with van der Waals surface area (Å²) in [6.07, 6.45) is 0.743. The molecule has 0 spiro atoms. The van der Waals surface area contributed by atoms with Gasteiger partial charge in [-0.15, -0.1) is 21.5 Å².